The lowest BCUT2D eigenvalue weighted by Crippen LogP contribution is -2.30. The van der Waals surface area contributed by atoms with Crippen LogP contribution in [0.25, 0.3) is 22.0 Å². The zero-order valence-electron chi connectivity index (χ0n) is 17.0. The first-order chi connectivity index (χ1) is 14.8. The summed E-state index contributed by atoms with van der Waals surface area (Å²) in [6.07, 6.45) is 6.48. The van der Waals surface area contributed by atoms with Crippen molar-refractivity contribution in [3.05, 3.63) is 72.2 Å². The third-order valence-corrected chi connectivity index (χ3v) is 5.70. The summed E-state index contributed by atoms with van der Waals surface area (Å²) in [5, 5.41) is 9.54. The Kier molecular flexibility index (Phi) is 4.67. The first-order valence-electron chi connectivity index (χ1n) is 9.91. The van der Waals surface area contributed by atoms with E-state index < -0.39 is 0 Å². The molecule has 2 aromatic heterocycles. The second-order valence-electron chi connectivity index (χ2n) is 7.35. The molecule has 0 saturated carbocycles. The predicted octanol–water partition coefficient (Wildman–Crippen LogP) is 4.27. The van der Waals surface area contributed by atoms with Crippen LogP contribution in [0.2, 0.25) is 0 Å². The molecule has 0 bridgehead atoms. The minimum absolute atomic E-state index is 0.657. The van der Waals surface area contributed by atoms with Crippen LogP contribution in [-0.4, -0.2) is 35.9 Å². The van der Waals surface area contributed by atoms with Crippen LogP contribution in [0.5, 0.6) is 11.5 Å². The summed E-state index contributed by atoms with van der Waals surface area (Å²) in [5.74, 6) is 1.35. The Morgan fingerprint density at radius 3 is 2.47 bits per heavy atom. The van der Waals surface area contributed by atoms with Gasteiger partial charge in [0.05, 0.1) is 31.6 Å². The first-order valence-corrected chi connectivity index (χ1v) is 9.91. The summed E-state index contributed by atoms with van der Waals surface area (Å²) < 4.78 is 10.9. The highest BCUT2D eigenvalue weighted by Crippen LogP contribution is 2.37. The number of benzene rings is 2. The second kappa shape index (κ2) is 7.63. The van der Waals surface area contributed by atoms with E-state index in [2.05, 4.69) is 38.3 Å². The summed E-state index contributed by atoms with van der Waals surface area (Å²) in [7, 11) is 3.28. The Morgan fingerprint density at radius 2 is 1.67 bits per heavy atom. The standard InChI is InChI=1S/C24H22N4O2/c1-29-23-12-20-21(13-24(23)30-2)27-26-14-22(20)28-10-7-18-11-17(3-4-19(18)15-28)16-5-8-25-9-6-16/h3-6,8-9,11-14H,7,10,15H2,1-2H3. The topological polar surface area (TPSA) is 60.4 Å². The molecule has 6 heteroatoms. The molecule has 0 radical (unpaired) electrons. The average Bonchev–Trinajstić information content (AvgIpc) is 2.82. The van der Waals surface area contributed by atoms with Crippen molar-refractivity contribution in [1.29, 1.82) is 0 Å². The fourth-order valence-electron chi connectivity index (χ4n) is 4.11. The molecule has 0 aliphatic carbocycles. The summed E-state index contributed by atoms with van der Waals surface area (Å²) in [5.41, 5.74) is 7.02. The highest BCUT2D eigenvalue weighted by atomic mass is 16.5. The predicted molar refractivity (Wildman–Crippen MR) is 117 cm³/mol. The molecule has 30 heavy (non-hydrogen) atoms. The van der Waals surface area contributed by atoms with Crippen LogP contribution in [0.15, 0.2) is 61.1 Å². The molecule has 5 rings (SSSR count). The van der Waals surface area contributed by atoms with E-state index in [-0.39, 0.29) is 0 Å². The van der Waals surface area contributed by atoms with E-state index in [0.29, 0.717) is 11.5 Å². The summed E-state index contributed by atoms with van der Waals surface area (Å²) in [4.78, 5) is 6.47. The van der Waals surface area contributed by atoms with Gasteiger partial charge in [-0.3, -0.25) is 4.98 Å². The van der Waals surface area contributed by atoms with Crippen molar-refractivity contribution >= 4 is 16.6 Å². The molecule has 0 amide bonds. The zero-order chi connectivity index (χ0) is 20.5. The zero-order valence-corrected chi connectivity index (χ0v) is 17.0. The van der Waals surface area contributed by atoms with Crippen molar-refractivity contribution in [1.82, 2.24) is 15.2 Å². The van der Waals surface area contributed by atoms with Gasteiger partial charge in [0.1, 0.15) is 0 Å². The van der Waals surface area contributed by atoms with E-state index >= 15 is 0 Å². The van der Waals surface area contributed by atoms with Crippen LogP contribution in [-0.2, 0) is 13.0 Å². The summed E-state index contributed by atoms with van der Waals surface area (Å²) in [6.45, 7) is 1.75. The molecule has 0 unspecified atom stereocenters. The van der Waals surface area contributed by atoms with E-state index in [0.717, 1.165) is 36.1 Å². The van der Waals surface area contributed by atoms with Gasteiger partial charge in [0.2, 0.25) is 0 Å². The Bertz CT molecular complexity index is 1210. The number of fused-ring (bicyclic) bond motifs is 2. The Hall–Kier alpha value is -3.67. The smallest absolute Gasteiger partial charge is 0.162 e. The fourth-order valence-corrected chi connectivity index (χ4v) is 4.11. The van der Waals surface area contributed by atoms with Gasteiger partial charge in [0, 0.05) is 36.9 Å². The highest BCUT2D eigenvalue weighted by molar-refractivity contribution is 5.93. The highest BCUT2D eigenvalue weighted by Gasteiger charge is 2.20. The third kappa shape index (κ3) is 3.20. The maximum Gasteiger partial charge on any atom is 0.162 e. The molecular formula is C24H22N4O2. The number of hydrogen-bond acceptors (Lipinski definition) is 6. The molecule has 0 atom stereocenters. The Morgan fingerprint density at radius 1 is 0.867 bits per heavy atom. The van der Waals surface area contributed by atoms with Gasteiger partial charge in [0.25, 0.3) is 0 Å². The van der Waals surface area contributed by atoms with Crippen molar-refractivity contribution < 1.29 is 9.47 Å². The lowest BCUT2D eigenvalue weighted by Gasteiger charge is -2.31. The van der Waals surface area contributed by atoms with Crippen LogP contribution in [0.3, 0.4) is 0 Å². The van der Waals surface area contributed by atoms with Gasteiger partial charge in [-0.1, -0.05) is 18.2 Å². The van der Waals surface area contributed by atoms with E-state index in [1.807, 2.05) is 42.9 Å². The van der Waals surface area contributed by atoms with Crippen molar-refractivity contribution in [3.63, 3.8) is 0 Å². The minimum atomic E-state index is 0.657. The maximum atomic E-state index is 5.50. The van der Waals surface area contributed by atoms with Gasteiger partial charge in [-0.15, -0.1) is 0 Å². The molecule has 0 fully saturated rings. The lowest BCUT2D eigenvalue weighted by molar-refractivity contribution is 0.355. The number of aromatic nitrogens is 3. The number of anilines is 1. The number of ether oxygens (including phenoxy) is 2. The van der Waals surface area contributed by atoms with Gasteiger partial charge in [0.15, 0.2) is 11.5 Å². The van der Waals surface area contributed by atoms with E-state index in [1.54, 1.807) is 14.2 Å². The monoisotopic (exact) mass is 398 g/mol. The average molecular weight is 398 g/mol. The summed E-state index contributed by atoms with van der Waals surface area (Å²) >= 11 is 0. The molecular weight excluding hydrogens is 376 g/mol. The van der Waals surface area contributed by atoms with E-state index in [4.69, 9.17) is 9.47 Å². The van der Waals surface area contributed by atoms with E-state index in [1.165, 1.54) is 22.3 Å². The number of hydrogen-bond donors (Lipinski definition) is 0. The number of nitrogens with zero attached hydrogens (tertiary/aromatic N) is 4. The van der Waals surface area contributed by atoms with Crippen molar-refractivity contribution in [2.24, 2.45) is 0 Å². The van der Waals surface area contributed by atoms with Crippen molar-refractivity contribution in [2.45, 2.75) is 13.0 Å². The quantitative estimate of drug-likeness (QED) is 0.512. The third-order valence-electron chi connectivity index (χ3n) is 5.70. The molecule has 6 nitrogen and oxygen atoms in total. The Balaban J connectivity index is 1.50. The fraction of sp³-hybridized carbons (Fsp3) is 0.208. The second-order valence-corrected chi connectivity index (χ2v) is 7.35. The van der Waals surface area contributed by atoms with Crippen LogP contribution >= 0.6 is 0 Å². The van der Waals surface area contributed by atoms with Gasteiger partial charge in [-0.2, -0.15) is 10.2 Å². The van der Waals surface area contributed by atoms with Crippen LogP contribution < -0.4 is 14.4 Å². The maximum absolute atomic E-state index is 5.50. The Labute approximate surface area is 175 Å². The summed E-state index contributed by atoms with van der Waals surface area (Å²) in [6, 6.07) is 14.7. The molecule has 0 N–H and O–H groups in total. The SMILES string of the molecule is COc1cc2nncc(N3CCc4cc(-c5ccncc5)ccc4C3)c2cc1OC. The largest absolute Gasteiger partial charge is 0.493 e. The minimum Gasteiger partial charge on any atom is -0.493 e. The van der Waals surface area contributed by atoms with Crippen LogP contribution in [0.4, 0.5) is 5.69 Å². The molecule has 1 aliphatic heterocycles. The van der Waals surface area contributed by atoms with Crippen molar-refractivity contribution in [3.8, 4) is 22.6 Å². The first kappa shape index (κ1) is 18.4. The van der Waals surface area contributed by atoms with Crippen molar-refractivity contribution in [2.75, 3.05) is 25.7 Å². The van der Waals surface area contributed by atoms with Gasteiger partial charge < -0.3 is 14.4 Å². The number of methoxy groups -OCH3 is 2. The molecule has 2 aromatic carbocycles. The van der Waals surface area contributed by atoms with E-state index in [9.17, 15) is 0 Å². The number of rotatable bonds is 4. The molecule has 0 spiro atoms. The molecule has 4 aromatic rings. The molecule has 150 valence electrons. The molecule has 1 aliphatic rings. The molecule has 0 saturated heterocycles. The number of pyridine rings is 1. The van der Waals surface area contributed by atoms with Gasteiger partial charge in [-0.25, -0.2) is 0 Å². The molecule has 3 heterocycles. The van der Waals surface area contributed by atoms with Gasteiger partial charge >= 0.3 is 0 Å². The normalized spacial score (nSPS) is 13.2. The lowest BCUT2D eigenvalue weighted by atomic mass is 9.94. The van der Waals surface area contributed by atoms with Crippen LogP contribution in [0.1, 0.15) is 11.1 Å². The van der Waals surface area contributed by atoms with Crippen LogP contribution in [0, 0.1) is 0 Å². The van der Waals surface area contributed by atoms with Gasteiger partial charge in [-0.05, 0) is 46.9 Å².